The quantitative estimate of drug-likeness (QED) is 0.213. The Balaban J connectivity index is 2.04. The van der Waals surface area contributed by atoms with Crippen molar-refractivity contribution in [1.82, 2.24) is 4.90 Å². The van der Waals surface area contributed by atoms with E-state index < -0.39 is 17.7 Å². The number of aryl methyl sites for hydroxylation is 1. The minimum absolute atomic E-state index is 0.0926. The number of carbonyl (C=O) groups excluding carboxylic acids is 2. The van der Waals surface area contributed by atoms with Crippen LogP contribution in [0, 0.1) is 12.8 Å². The molecule has 1 heterocycles. The minimum Gasteiger partial charge on any atom is -0.507 e. The van der Waals surface area contributed by atoms with E-state index in [-0.39, 0.29) is 11.3 Å². The zero-order chi connectivity index (χ0) is 24.1. The molecule has 2 aromatic carbocycles. The molecule has 1 saturated heterocycles. The number of Topliss-reactive ketones (excluding diaryl/α,β-unsaturated/α-hetero) is 1. The van der Waals surface area contributed by atoms with Crippen LogP contribution < -0.4 is 4.74 Å². The van der Waals surface area contributed by atoms with Crippen LogP contribution in [-0.4, -0.2) is 48.6 Å². The number of halogens is 1. The summed E-state index contributed by atoms with van der Waals surface area (Å²) in [5.74, 6) is -0.374. The van der Waals surface area contributed by atoms with Gasteiger partial charge in [-0.05, 0) is 60.7 Å². The maximum atomic E-state index is 13.1. The van der Waals surface area contributed by atoms with Crippen LogP contribution in [0.15, 0.2) is 52.5 Å². The van der Waals surface area contributed by atoms with Gasteiger partial charge in [-0.25, -0.2) is 0 Å². The number of ketones is 1. The van der Waals surface area contributed by atoms with Crippen molar-refractivity contribution in [1.29, 1.82) is 0 Å². The SMILES string of the molecule is COCCCN1C(=O)C(=O)C(=C(O)c2ccc(OCC(C)C)c(C)c2)[C@H]1c1ccc(Br)cc1. The van der Waals surface area contributed by atoms with Crippen molar-refractivity contribution >= 4 is 33.4 Å². The Morgan fingerprint density at radius 1 is 1.15 bits per heavy atom. The molecule has 1 amide bonds. The third-order valence-corrected chi connectivity index (χ3v) is 6.02. The second kappa shape index (κ2) is 11.0. The molecule has 3 rings (SSSR count). The highest BCUT2D eigenvalue weighted by Crippen LogP contribution is 2.40. The first kappa shape index (κ1) is 25.0. The zero-order valence-electron chi connectivity index (χ0n) is 19.4. The van der Waals surface area contributed by atoms with Crippen LogP contribution in [-0.2, 0) is 14.3 Å². The van der Waals surface area contributed by atoms with Gasteiger partial charge in [0.15, 0.2) is 0 Å². The average molecular weight is 516 g/mol. The molecule has 0 unspecified atom stereocenters. The first-order valence-electron chi connectivity index (χ1n) is 11.0. The van der Waals surface area contributed by atoms with E-state index in [1.807, 2.05) is 31.2 Å². The predicted molar refractivity (Wildman–Crippen MR) is 131 cm³/mol. The third-order valence-electron chi connectivity index (χ3n) is 5.49. The predicted octanol–water partition coefficient (Wildman–Crippen LogP) is 5.25. The number of rotatable bonds is 9. The highest BCUT2D eigenvalue weighted by atomic mass is 79.9. The Morgan fingerprint density at radius 3 is 2.45 bits per heavy atom. The lowest BCUT2D eigenvalue weighted by Crippen LogP contribution is -2.31. The van der Waals surface area contributed by atoms with Gasteiger partial charge in [0.1, 0.15) is 11.5 Å². The van der Waals surface area contributed by atoms with Gasteiger partial charge in [0, 0.05) is 30.3 Å². The molecule has 0 aliphatic carbocycles. The molecule has 2 aromatic rings. The van der Waals surface area contributed by atoms with Gasteiger partial charge in [0.25, 0.3) is 11.7 Å². The maximum Gasteiger partial charge on any atom is 0.295 e. The number of aliphatic hydroxyl groups is 1. The van der Waals surface area contributed by atoms with Crippen molar-refractivity contribution in [2.75, 3.05) is 26.9 Å². The Hall–Kier alpha value is -2.64. The first-order chi connectivity index (χ1) is 15.7. The summed E-state index contributed by atoms with van der Waals surface area (Å²) in [7, 11) is 1.59. The molecule has 7 heteroatoms. The van der Waals surface area contributed by atoms with Crippen molar-refractivity contribution in [3.63, 3.8) is 0 Å². The van der Waals surface area contributed by atoms with Crippen LogP contribution in [0.4, 0.5) is 0 Å². The zero-order valence-corrected chi connectivity index (χ0v) is 21.0. The van der Waals surface area contributed by atoms with Gasteiger partial charge < -0.3 is 19.5 Å². The molecule has 0 aromatic heterocycles. The number of hydrogen-bond acceptors (Lipinski definition) is 5. The normalized spacial score (nSPS) is 17.8. The molecule has 6 nitrogen and oxygen atoms in total. The number of carbonyl (C=O) groups is 2. The topological polar surface area (TPSA) is 76.1 Å². The fourth-order valence-corrected chi connectivity index (χ4v) is 4.12. The van der Waals surface area contributed by atoms with Crippen molar-refractivity contribution < 1.29 is 24.2 Å². The summed E-state index contributed by atoms with van der Waals surface area (Å²) in [4.78, 5) is 27.5. The van der Waals surface area contributed by atoms with E-state index in [0.717, 1.165) is 21.3 Å². The van der Waals surface area contributed by atoms with E-state index >= 15 is 0 Å². The van der Waals surface area contributed by atoms with Crippen LogP contribution in [0.5, 0.6) is 5.75 Å². The lowest BCUT2D eigenvalue weighted by Gasteiger charge is -2.25. The monoisotopic (exact) mass is 515 g/mol. The number of aliphatic hydroxyl groups excluding tert-OH is 1. The fraction of sp³-hybridized carbons (Fsp3) is 0.385. The summed E-state index contributed by atoms with van der Waals surface area (Å²) < 4.78 is 11.8. The number of ether oxygens (including phenoxy) is 2. The van der Waals surface area contributed by atoms with Gasteiger partial charge in [-0.15, -0.1) is 0 Å². The summed E-state index contributed by atoms with van der Waals surface area (Å²) in [6.45, 7) is 7.43. The molecule has 1 atom stereocenters. The van der Waals surface area contributed by atoms with E-state index in [1.54, 1.807) is 25.3 Å². The van der Waals surface area contributed by atoms with Crippen molar-refractivity contribution in [2.45, 2.75) is 33.2 Å². The summed E-state index contributed by atoms with van der Waals surface area (Å²) in [6.07, 6.45) is 0.581. The van der Waals surface area contributed by atoms with Crippen LogP contribution in [0.3, 0.4) is 0 Å². The maximum absolute atomic E-state index is 13.1. The summed E-state index contributed by atoms with van der Waals surface area (Å²) in [5, 5.41) is 11.2. The lowest BCUT2D eigenvalue weighted by molar-refractivity contribution is -0.140. The number of hydrogen-bond donors (Lipinski definition) is 1. The Morgan fingerprint density at radius 2 is 1.85 bits per heavy atom. The second-order valence-corrected chi connectivity index (χ2v) is 9.49. The van der Waals surface area contributed by atoms with E-state index in [0.29, 0.717) is 37.7 Å². The van der Waals surface area contributed by atoms with Gasteiger partial charge in [-0.3, -0.25) is 9.59 Å². The summed E-state index contributed by atoms with van der Waals surface area (Å²) >= 11 is 3.42. The number of likely N-dealkylation sites (tertiary alicyclic amines) is 1. The highest BCUT2D eigenvalue weighted by Gasteiger charge is 2.45. The molecule has 1 aliphatic rings. The van der Waals surface area contributed by atoms with Crippen LogP contribution in [0.1, 0.15) is 43.0 Å². The molecule has 0 radical (unpaired) electrons. The lowest BCUT2D eigenvalue weighted by atomic mass is 9.95. The Bertz CT molecular complexity index is 1050. The van der Waals surface area contributed by atoms with Crippen molar-refractivity contribution in [3.05, 3.63) is 69.2 Å². The molecule has 1 fully saturated rings. The van der Waals surface area contributed by atoms with Crippen LogP contribution in [0.2, 0.25) is 0 Å². The summed E-state index contributed by atoms with van der Waals surface area (Å²) in [5.41, 5.74) is 2.16. The first-order valence-corrected chi connectivity index (χ1v) is 11.8. The van der Waals surface area contributed by atoms with Crippen LogP contribution in [0.25, 0.3) is 5.76 Å². The Labute approximate surface area is 203 Å². The second-order valence-electron chi connectivity index (χ2n) is 8.58. The molecule has 1 aliphatic heterocycles. The number of methoxy groups -OCH3 is 1. The molecule has 1 N–H and O–H groups in total. The number of nitrogens with zero attached hydrogens (tertiary/aromatic N) is 1. The molecular weight excluding hydrogens is 486 g/mol. The molecule has 33 heavy (non-hydrogen) atoms. The van der Waals surface area contributed by atoms with Gasteiger partial charge in [0.2, 0.25) is 0 Å². The molecule has 0 bridgehead atoms. The van der Waals surface area contributed by atoms with Crippen LogP contribution >= 0.6 is 15.9 Å². The van der Waals surface area contributed by atoms with Gasteiger partial charge in [0.05, 0.1) is 18.2 Å². The average Bonchev–Trinajstić information content (AvgIpc) is 3.03. The molecule has 0 saturated carbocycles. The van der Waals surface area contributed by atoms with Crippen molar-refractivity contribution in [3.8, 4) is 5.75 Å². The van der Waals surface area contributed by atoms with E-state index in [1.165, 1.54) is 4.90 Å². The molecule has 176 valence electrons. The number of benzene rings is 2. The van der Waals surface area contributed by atoms with Gasteiger partial charge in [-0.1, -0.05) is 41.9 Å². The fourth-order valence-electron chi connectivity index (χ4n) is 3.85. The molecular formula is C26H30BrNO5. The van der Waals surface area contributed by atoms with E-state index in [4.69, 9.17) is 9.47 Å². The third kappa shape index (κ3) is 5.65. The largest absolute Gasteiger partial charge is 0.507 e. The molecule has 0 spiro atoms. The Kier molecular flexibility index (Phi) is 8.32. The number of amides is 1. The van der Waals surface area contributed by atoms with E-state index in [9.17, 15) is 14.7 Å². The highest BCUT2D eigenvalue weighted by molar-refractivity contribution is 9.10. The minimum atomic E-state index is -0.685. The van der Waals surface area contributed by atoms with Crippen molar-refractivity contribution in [2.24, 2.45) is 5.92 Å². The van der Waals surface area contributed by atoms with Gasteiger partial charge >= 0.3 is 0 Å². The van der Waals surface area contributed by atoms with Gasteiger partial charge in [-0.2, -0.15) is 0 Å². The standard InChI is InChI=1S/C26H30BrNO5/c1-16(2)15-33-21-11-8-19(14-17(21)3)24(29)22-23(18-6-9-20(27)10-7-18)28(12-5-13-32-4)26(31)25(22)30/h6-11,14,16,23,29H,5,12-13,15H2,1-4H3/t23-/m1/s1. The summed E-state index contributed by atoms with van der Waals surface area (Å²) in [6, 6.07) is 12.0. The smallest absolute Gasteiger partial charge is 0.295 e. The van der Waals surface area contributed by atoms with E-state index in [2.05, 4.69) is 29.8 Å².